The monoisotopic (exact) mass is 223 g/mol. The van der Waals surface area contributed by atoms with Crippen LogP contribution in [0, 0.1) is 0 Å². The van der Waals surface area contributed by atoms with Crippen molar-refractivity contribution in [2.45, 2.75) is 31.2 Å². The Balaban J connectivity index is 2.06. The largest absolute Gasteiger partial charge is 0.394 e. The van der Waals surface area contributed by atoms with Crippen molar-refractivity contribution in [3.8, 4) is 0 Å². The summed E-state index contributed by atoms with van der Waals surface area (Å²) in [5, 5.41) is 16.3. The summed E-state index contributed by atoms with van der Waals surface area (Å²) >= 11 is 0. The second-order valence-electron chi connectivity index (χ2n) is 4.47. The first-order chi connectivity index (χ1) is 7.65. The maximum absolute atomic E-state index is 11.9. The van der Waals surface area contributed by atoms with E-state index in [1.165, 1.54) is 0 Å². The highest BCUT2D eigenvalue weighted by Crippen LogP contribution is 2.29. The van der Waals surface area contributed by atoms with Crippen molar-refractivity contribution in [3.05, 3.63) is 18.0 Å². The van der Waals surface area contributed by atoms with Crippen molar-refractivity contribution in [2.75, 3.05) is 6.61 Å². The number of aryl methyl sites for hydroxylation is 1. The third kappa shape index (κ3) is 2.09. The van der Waals surface area contributed by atoms with Crippen LogP contribution in [0.3, 0.4) is 0 Å². The SMILES string of the molecule is Cn1ccc(C(=O)NC2(CO)CCCC2)n1. The average Bonchev–Trinajstić information content (AvgIpc) is 2.88. The number of carbonyl (C=O) groups is 1. The molecule has 1 heterocycles. The predicted octanol–water partition coefficient (Wildman–Crippen LogP) is 0.455. The van der Waals surface area contributed by atoms with Gasteiger partial charge in [0.15, 0.2) is 0 Å². The van der Waals surface area contributed by atoms with Crippen molar-refractivity contribution >= 4 is 5.91 Å². The van der Waals surface area contributed by atoms with Gasteiger partial charge in [-0.1, -0.05) is 12.8 Å². The minimum Gasteiger partial charge on any atom is -0.394 e. The molecule has 88 valence electrons. The van der Waals surface area contributed by atoms with Gasteiger partial charge in [-0.25, -0.2) is 0 Å². The standard InChI is InChI=1S/C11H17N3O2/c1-14-7-4-9(13-14)10(16)12-11(8-15)5-2-3-6-11/h4,7,15H,2-3,5-6,8H2,1H3,(H,12,16). The molecule has 16 heavy (non-hydrogen) atoms. The summed E-state index contributed by atoms with van der Waals surface area (Å²) in [6.45, 7) is 0.00553. The maximum Gasteiger partial charge on any atom is 0.272 e. The summed E-state index contributed by atoms with van der Waals surface area (Å²) in [7, 11) is 1.77. The van der Waals surface area contributed by atoms with Gasteiger partial charge in [-0.2, -0.15) is 5.10 Å². The van der Waals surface area contributed by atoms with E-state index < -0.39 is 5.54 Å². The third-order valence-corrected chi connectivity index (χ3v) is 3.19. The molecule has 2 N–H and O–H groups in total. The van der Waals surface area contributed by atoms with E-state index >= 15 is 0 Å². The molecule has 0 spiro atoms. The summed E-state index contributed by atoms with van der Waals surface area (Å²) in [5.74, 6) is -0.198. The molecule has 1 aromatic rings. The fraction of sp³-hybridized carbons (Fsp3) is 0.636. The third-order valence-electron chi connectivity index (χ3n) is 3.19. The van der Waals surface area contributed by atoms with E-state index in [4.69, 9.17) is 0 Å². The van der Waals surface area contributed by atoms with Crippen molar-refractivity contribution < 1.29 is 9.90 Å². The van der Waals surface area contributed by atoms with Gasteiger partial charge in [-0.3, -0.25) is 9.48 Å². The first-order valence-corrected chi connectivity index (χ1v) is 5.58. The van der Waals surface area contributed by atoms with Crippen LogP contribution in [0.4, 0.5) is 0 Å². The van der Waals surface area contributed by atoms with E-state index in [2.05, 4.69) is 10.4 Å². The van der Waals surface area contributed by atoms with Crippen LogP contribution in [0.2, 0.25) is 0 Å². The van der Waals surface area contributed by atoms with Crippen molar-refractivity contribution in [1.29, 1.82) is 0 Å². The zero-order valence-corrected chi connectivity index (χ0v) is 9.44. The minimum absolute atomic E-state index is 0.00553. The molecule has 1 fully saturated rings. The van der Waals surface area contributed by atoms with E-state index in [1.807, 2.05) is 0 Å². The maximum atomic E-state index is 11.9. The molecule has 1 aliphatic rings. The summed E-state index contributed by atoms with van der Waals surface area (Å²) in [5.41, 5.74) is -0.0172. The Kier molecular flexibility index (Phi) is 2.96. The number of hydrogen-bond acceptors (Lipinski definition) is 3. The molecule has 1 aromatic heterocycles. The Morgan fingerprint density at radius 1 is 1.62 bits per heavy atom. The van der Waals surface area contributed by atoms with E-state index in [1.54, 1.807) is 24.0 Å². The van der Waals surface area contributed by atoms with Crippen LogP contribution in [0.5, 0.6) is 0 Å². The van der Waals surface area contributed by atoms with Crippen molar-refractivity contribution in [2.24, 2.45) is 7.05 Å². The molecule has 0 aromatic carbocycles. The van der Waals surface area contributed by atoms with Crippen LogP contribution < -0.4 is 5.32 Å². The second kappa shape index (κ2) is 4.25. The Morgan fingerprint density at radius 3 is 2.81 bits per heavy atom. The van der Waals surface area contributed by atoms with Gasteiger partial charge < -0.3 is 10.4 Å². The topological polar surface area (TPSA) is 67.2 Å². The molecule has 1 saturated carbocycles. The quantitative estimate of drug-likeness (QED) is 0.782. The van der Waals surface area contributed by atoms with Crippen LogP contribution >= 0.6 is 0 Å². The van der Waals surface area contributed by atoms with Gasteiger partial charge in [0, 0.05) is 13.2 Å². The highest BCUT2D eigenvalue weighted by molar-refractivity contribution is 5.92. The Bertz CT molecular complexity index is 380. The molecular formula is C11H17N3O2. The molecule has 0 aliphatic heterocycles. The van der Waals surface area contributed by atoms with Crippen LogP contribution in [0.1, 0.15) is 36.2 Å². The van der Waals surface area contributed by atoms with E-state index in [0.29, 0.717) is 5.69 Å². The zero-order chi connectivity index (χ0) is 11.6. The van der Waals surface area contributed by atoms with Crippen LogP contribution in [-0.2, 0) is 7.05 Å². The number of rotatable bonds is 3. The first kappa shape index (κ1) is 11.1. The summed E-state index contributed by atoms with van der Waals surface area (Å²) in [6, 6.07) is 1.68. The van der Waals surface area contributed by atoms with Crippen LogP contribution in [0.25, 0.3) is 0 Å². The fourth-order valence-electron chi connectivity index (χ4n) is 2.22. The summed E-state index contributed by atoms with van der Waals surface area (Å²) in [4.78, 5) is 11.9. The number of aliphatic hydroxyl groups excluding tert-OH is 1. The molecule has 0 bridgehead atoms. The molecule has 0 radical (unpaired) electrons. The highest BCUT2D eigenvalue weighted by atomic mass is 16.3. The predicted molar refractivity (Wildman–Crippen MR) is 59.0 cm³/mol. The molecular weight excluding hydrogens is 206 g/mol. The Morgan fingerprint density at radius 2 is 2.31 bits per heavy atom. The normalized spacial score (nSPS) is 18.6. The van der Waals surface area contributed by atoms with E-state index in [-0.39, 0.29) is 12.5 Å². The van der Waals surface area contributed by atoms with Crippen LogP contribution in [0.15, 0.2) is 12.3 Å². The van der Waals surface area contributed by atoms with Gasteiger partial charge in [0.2, 0.25) is 0 Å². The molecule has 5 nitrogen and oxygen atoms in total. The molecule has 0 saturated heterocycles. The molecule has 1 aliphatic carbocycles. The van der Waals surface area contributed by atoms with E-state index in [9.17, 15) is 9.90 Å². The molecule has 2 rings (SSSR count). The lowest BCUT2D eigenvalue weighted by molar-refractivity contribution is 0.0832. The number of hydrogen-bond donors (Lipinski definition) is 2. The summed E-state index contributed by atoms with van der Waals surface area (Å²) < 4.78 is 1.59. The Hall–Kier alpha value is -1.36. The number of aromatic nitrogens is 2. The zero-order valence-electron chi connectivity index (χ0n) is 9.44. The van der Waals surface area contributed by atoms with Crippen molar-refractivity contribution in [1.82, 2.24) is 15.1 Å². The summed E-state index contributed by atoms with van der Waals surface area (Å²) in [6.07, 6.45) is 5.55. The Labute approximate surface area is 94.5 Å². The molecule has 0 atom stereocenters. The number of carbonyl (C=O) groups excluding carboxylic acids is 1. The highest BCUT2D eigenvalue weighted by Gasteiger charge is 2.35. The van der Waals surface area contributed by atoms with Gasteiger partial charge in [0.25, 0.3) is 5.91 Å². The number of nitrogens with one attached hydrogen (secondary N) is 1. The minimum atomic E-state index is -0.422. The van der Waals surface area contributed by atoms with Gasteiger partial charge in [-0.05, 0) is 18.9 Å². The smallest absolute Gasteiger partial charge is 0.272 e. The van der Waals surface area contributed by atoms with Gasteiger partial charge in [0.1, 0.15) is 5.69 Å². The van der Waals surface area contributed by atoms with E-state index in [0.717, 1.165) is 25.7 Å². The lowest BCUT2D eigenvalue weighted by Gasteiger charge is -2.27. The van der Waals surface area contributed by atoms with Gasteiger partial charge >= 0.3 is 0 Å². The second-order valence-corrected chi connectivity index (χ2v) is 4.47. The lowest BCUT2D eigenvalue weighted by atomic mass is 9.99. The number of aliphatic hydroxyl groups is 1. The molecule has 1 amide bonds. The molecule has 0 unspecified atom stereocenters. The lowest BCUT2D eigenvalue weighted by Crippen LogP contribution is -2.49. The number of amides is 1. The molecule has 5 heteroatoms. The van der Waals surface area contributed by atoms with Crippen LogP contribution in [-0.4, -0.2) is 32.9 Å². The first-order valence-electron chi connectivity index (χ1n) is 5.58. The van der Waals surface area contributed by atoms with Crippen molar-refractivity contribution in [3.63, 3.8) is 0 Å². The number of nitrogens with zero attached hydrogens (tertiary/aromatic N) is 2. The average molecular weight is 223 g/mol. The fourth-order valence-corrected chi connectivity index (χ4v) is 2.22. The van der Waals surface area contributed by atoms with Gasteiger partial charge in [0.05, 0.1) is 12.1 Å². The van der Waals surface area contributed by atoms with Gasteiger partial charge in [-0.15, -0.1) is 0 Å².